The molecule has 1 aliphatic carbocycles. The van der Waals surface area contributed by atoms with Crippen molar-refractivity contribution in [3.8, 4) is 0 Å². The Bertz CT molecular complexity index is 736. The molecule has 0 bridgehead atoms. The number of halogens is 2. The van der Waals surface area contributed by atoms with E-state index in [-0.39, 0.29) is 11.3 Å². The first-order chi connectivity index (χ1) is 10.4. The Kier molecular flexibility index (Phi) is 3.47. The van der Waals surface area contributed by atoms with E-state index < -0.39 is 23.1 Å². The van der Waals surface area contributed by atoms with Crippen LogP contribution in [-0.4, -0.2) is 10.9 Å². The summed E-state index contributed by atoms with van der Waals surface area (Å²) in [7, 11) is 0. The molecule has 1 N–H and O–H groups in total. The molecule has 1 aliphatic rings. The summed E-state index contributed by atoms with van der Waals surface area (Å²) in [5.41, 5.74) is -0.187. The molecule has 0 unspecified atom stereocenters. The topological polar surface area (TPSA) is 55.1 Å². The standard InChI is InChI=1S/C16H16F2N2O2/c1-3-13-19-9(2)14(22-13)15(21)20-16(6-7-16)11-8-10(17)4-5-12(11)18/h4-5,8H,3,6-7H2,1-2H3,(H,20,21). The normalized spacial score (nSPS) is 15.6. The highest BCUT2D eigenvalue weighted by molar-refractivity contribution is 5.93. The van der Waals surface area contributed by atoms with Crippen molar-refractivity contribution in [2.75, 3.05) is 0 Å². The fourth-order valence-electron chi connectivity index (χ4n) is 2.54. The zero-order valence-corrected chi connectivity index (χ0v) is 12.4. The molecule has 1 fully saturated rings. The van der Waals surface area contributed by atoms with Crippen LogP contribution < -0.4 is 5.32 Å². The summed E-state index contributed by atoms with van der Waals surface area (Å²) in [5.74, 6) is -0.904. The van der Waals surface area contributed by atoms with Crippen molar-refractivity contribution < 1.29 is 18.0 Å². The van der Waals surface area contributed by atoms with Gasteiger partial charge in [0.1, 0.15) is 11.6 Å². The van der Waals surface area contributed by atoms with Gasteiger partial charge in [-0.2, -0.15) is 0 Å². The Morgan fingerprint density at radius 2 is 2.14 bits per heavy atom. The van der Waals surface area contributed by atoms with Gasteiger partial charge in [-0.15, -0.1) is 0 Å². The van der Waals surface area contributed by atoms with Crippen LogP contribution in [0.5, 0.6) is 0 Å². The first-order valence-corrected chi connectivity index (χ1v) is 7.19. The van der Waals surface area contributed by atoms with Gasteiger partial charge in [0.25, 0.3) is 5.91 Å². The molecule has 0 atom stereocenters. The molecule has 1 amide bonds. The Labute approximate surface area is 126 Å². The fraction of sp³-hybridized carbons (Fsp3) is 0.375. The lowest BCUT2D eigenvalue weighted by molar-refractivity contribution is 0.0899. The number of oxazole rings is 1. The molecule has 0 radical (unpaired) electrons. The third-order valence-electron chi connectivity index (χ3n) is 3.90. The van der Waals surface area contributed by atoms with Crippen LogP contribution in [0.25, 0.3) is 0 Å². The number of hydrogen-bond acceptors (Lipinski definition) is 3. The van der Waals surface area contributed by atoms with Gasteiger partial charge in [0, 0.05) is 12.0 Å². The zero-order chi connectivity index (χ0) is 15.9. The van der Waals surface area contributed by atoms with Crippen LogP contribution in [0.15, 0.2) is 22.6 Å². The predicted molar refractivity (Wildman–Crippen MR) is 75.4 cm³/mol. The maximum atomic E-state index is 13.9. The second-order valence-electron chi connectivity index (χ2n) is 5.54. The van der Waals surface area contributed by atoms with E-state index in [1.165, 1.54) is 0 Å². The molecule has 1 aromatic carbocycles. The van der Waals surface area contributed by atoms with Crippen molar-refractivity contribution in [3.63, 3.8) is 0 Å². The van der Waals surface area contributed by atoms with E-state index in [4.69, 9.17) is 4.42 Å². The van der Waals surface area contributed by atoms with Crippen molar-refractivity contribution in [2.24, 2.45) is 0 Å². The van der Waals surface area contributed by atoms with Crippen LogP contribution in [0.3, 0.4) is 0 Å². The number of nitrogens with one attached hydrogen (secondary N) is 1. The molecule has 3 rings (SSSR count). The van der Waals surface area contributed by atoms with Gasteiger partial charge in [-0.3, -0.25) is 4.79 Å². The second-order valence-corrected chi connectivity index (χ2v) is 5.54. The molecule has 22 heavy (non-hydrogen) atoms. The molecule has 1 aromatic heterocycles. The largest absolute Gasteiger partial charge is 0.435 e. The lowest BCUT2D eigenvalue weighted by Crippen LogP contribution is -2.35. The minimum atomic E-state index is -0.852. The van der Waals surface area contributed by atoms with E-state index in [2.05, 4.69) is 10.3 Å². The summed E-state index contributed by atoms with van der Waals surface area (Å²) < 4.78 is 32.7. The number of rotatable bonds is 4. The summed E-state index contributed by atoms with van der Waals surface area (Å²) in [5, 5.41) is 2.77. The quantitative estimate of drug-likeness (QED) is 0.943. The van der Waals surface area contributed by atoms with Crippen molar-refractivity contribution in [1.29, 1.82) is 0 Å². The molecular formula is C16H16F2N2O2. The molecule has 4 nitrogen and oxygen atoms in total. The van der Waals surface area contributed by atoms with Crippen LogP contribution in [0.1, 0.15) is 47.5 Å². The third-order valence-corrected chi connectivity index (χ3v) is 3.90. The molecule has 0 saturated heterocycles. The average Bonchev–Trinajstić information content (AvgIpc) is 3.15. The highest BCUT2D eigenvalue weighted by Gasteiger charge is 2.48. The van der Waals surface area contributed by atoms with Gasteiger partial charge in [-0.05, 0) is 38.0 Å². The zero-order valence-electron chi connectivity index (χ0n) is 12.4. The number of benzene rings is 1. The Hall–Kier alpha value is -2.24. The van der Waals surface area contributed by atoms with Gasteiger partial charge >= 0.3 is 0 Å². The second kappa shape index (κ2) is 5.19. The number of nitrogens with zero attached hydrogens (tertiary/aromatic N) is 1. The Morgan fingerprint density at radius 1 is 1.41 bits per heavy atom. The molecular weight excluding hydrogens is 290 g/mol. The molecule has 1 saturated carbocycles. The van der Waals surface area contributed by atoms with Crippen LogP contribution in [0, 0.1) is 18.6 Å². The monoisotopic (exact) mass is 306 g/mol. The first kappa shape index (κ1) is 14.7. The number of carbonyl (C=O) groups is 1. The smallest absolute Gasteiger partial charge is 0.289 e. The summed E-state index contributed by atoms with van der Waals surface area (Å²) in [6.45, 7) is 3.55. The minimum absolute atomic E-state index is 0.125. The maximum Gasteiger partial charge on any atom is 0.289 e. The number of aromatic nitrogens is 1. The molecule has 0 spiro atoms. The van der Waals surface area contributed by atoms with E-state index in [1.807, 2.05) is 6.92 Å². The predicted octanol–water partition coefficient (Wildman–Crippen LogP) is 3.24. The van der Waals surface area contributed by atoms with Gasteiger partial charge in [0.05, 0.1) is 11.2 Å². The fourth-order valence-corrected chi connectivity index (χ4v) is 2.54. The van der Waals surface area contributed by atoms with E-state index in [0.29, 0.717) is 30.8 Å². The van der Waals surface area contributed by atoms with Crippen LogP contribution in [0.2, 0.25) is 0 Å². The van der Waals surface area contributed by atoms with Crippen molar-refractivity contribution >= 4 is 5.91 Å². The summed E-state index contributed by atoms with van der Waals surface area (Å²) in [4.78, 5) is 16.5. The highest BCUT2D eigenvalue weighted by atomic mass is 19.1. The van der Waals surface area contributed by atoms with Gasteiger partial charge in [0.2, 0.25) is 5.76 Å². The van der Waals surface area contributed by atoms with Crippen LogP contribution in [-0.2, 0) is 12.0 Å². The number of amides is 1. The lowest BCUT2D eigenvalue weighted by atomic mass is 10.0. The molecule has 0 aliphatic heterocycles. The lowest BCUT2D eigenvalue weighted by Gasteiger charge is -2.18. The molecule has 2 aromatic rings. The van der Waals surface area contributed by atoms with Gasteiger partial charge in [-0.25, -0.2) is 13.8 Å². The first-order valence-electron chi connectivity index (χ1n) is 7.19. The third kappa shape index (κ3) is 2.49. The molecule has 116 valence electrons. The van der Waals surface area contributed by atoms with E-state index in [1.54, 1.807) is 6.92 Å². The average molecular weight is 306 g/mol. The van der Waals surface area contributed by atoms with Gasteiger partial charge < -0.3 is 9.73 Å². The van der Waals surface area contributed by atoms with Crippen LogP contribution >= 0.6 is 0 Å². The molecule has 1 heterocycles. The Morgan fingerprint density at radius 3 is 2.73 bits per heavy atom. The number of aryl methyl sites for hydroxylation is 2. The van der Waals surface area contributed by atoms with E-state index in [9.17, 15) is 13.6 Å². The summed E-state index contributed by atoms with van der Waals surface area (Å²) in [6.07, 6.45) is 1.71. The van der Waals surface area contributed by atoms with Gasteiger partial charge in [-0.1, -0.05) is 6.92 Å². The maximum absolute atomic E-state index is 13.9. The van der Waals surface area contributed by atoms with E-state index in [0.717, 1.165) is 18.2 Å². The van der Waals surface area contributed by atoms with Crippen molar-refractivity contribution in [3.05, 3.63) is 52.7 Å². The Balaban J connectivity index is 1.87. The minimum Gasteiger partial charge on any atom is -0.435 e. The highest BCUT2D eigenvalue weighted by Crippen LogP contribution is 2.46. The van der Waals surface area contributed by atoms with E-state index >= 15 is 0 Å². The molecule has 6 heteroatoms. The van der Waals surface area contributed by atoms with Crippen molar-refractivity contribution in [1.82, 2.24) is 10.3 Å². The van der Waals surface area contributed by atoms with Gasteiger partial charge in [0.15, 0.2) is 5.89 Å². The summed E-state index contributed by atoms with van der Waals surface area (Å²) in [6, 6.07) is 3.27. The van der Waals surface area contributed by atoms with Crippen LogP contribution in [0.4, 0.5) is 8.78 Å². The summed E-state index contributed by atoms with van der Waals surface area (Å²) >= 11 is 0. The SMILES string of the molecule is CCc1nc(C)c(C(=O)NC2(c3cc(F)ccc3F)CC2)o1. The number of hydrogen-bond donors (Lipinski definition) is 1. The van der Waals surface area contributed by atoms with Crippen molar-refractivity contribution in [2.45, 2.75) is 38.6 Å². The number of carbonyl (C=O) groups excluding carboxylic acids is 1.